The molecule has 1 unspecified atom stereocenters. The fraction of sp³-hybridized carbons (Fsp3) is 0.474. The predicted octanol–water partition coefficient (Wildman–Crippen LogP) is 3.50. The van der Waals surface area contributed by atoms with E-state index in [-0.39, 0.29) is 19.1 Å². The van der Waals surface area contributed by atoms with Gasteiger partial charge in [-0.2, -0.15) is 4.31 Å². The number of nitrogens with one attached hydrogen (secondary N) is 1. The maximum absolute atomic E-state index is 12.9. The zero-order chi connectivity index (χ0) is 20.3. The van der Waals surface area contributed by atoms with Crippen molar-refractivity contribution < 1.29 is 13.2 Å². The summed E-state index contributed by atoms with van der Waals surface area (Å²) in [7, 11) is -3.55. The largest absolute Gasteiger partial charge is 0.323 e. The van der Waals surface area contributed by atoms with Gasteiger partial charge in [0.15, 0.2) is 5.13 Å². The number of rotatable bonds is 5. The number of nitrogens with zero attached hydrogens (tertiary/aromatic N) is 3. The van der Waals surface area contributed by atoms with Crippen LogP contribution in [0.25, 0.3) is 0 Å². The average molecular weight is 423 g/mol. The summed E-state index contributed by atoms with van der Waals surface area (Å²) in [5.74, 6) is 0.403. The summed E-state index contributed by atoms with van der Waals surface area (Å²) in [5.41, 5.74) is 2.00. The van der Waals surface area contributed by atoms with Crippen molar-refractivity contribution in [3.8, 4) is 0 Å². The second-order valence-electron chi connectivity index (χ2n) is 6.99. The molecule has 2 amide bonds. The minimum absolute atomic E-state index is 0.246. The Balaban J connectivity index is 1.61. The highest BCUT2D eigenvalue weighted by molar-refractivity contribution is 7.89. The number of piperazine rings is 1. The summed E-state index contributed by atoms with van der Waals surface area (Å²) in [6.07, 6.45) is 1.01. The van der Waals surface area contributed by atoms with Crippen LogP contribution in [-0.2, 0) is 10.0 Å². The third kappa shape index (κ3) is 4.53. The van der Waals surface area contributed by atoms with Crippen LogP contribution in [0.5, 0.6) is 0 Å². The van der Waals surface area contributed by atoms with E-state index < -0.39 is 10.0 Å². The van der Waals surface area contributed by atoms with E-state index >= 15 is 0 Å². The molecule has 0 bridgehead atoms. The first-order valence-corrected chi connectivity index (χ1v) is 11.7. The van der Waals surface area contributed by atoms with Crippen molar-refractivity contribution in [2.24, 2.45) is 0 Å². The molecular formula is C19H26N4O3S2. The minimum atomic E-state index is -3.55. The Morgan fingerprint density at radius 1 is 1.21 bits per heavy atom. The fourth-order valence-corrected chi connectivity index (χ4v) is 5.17. The first-order chi connectivity index (χ1) is 13.3. The normalized spacial score (nSPS) is 16.8. The van der Waals surface area contributed by atoms with E-state index in [1.54, 1.807) is 17.0 Å². The molecule has 1 aromatic carbocycles. The molecule has 28 heavy (non-hydrogen) atoms. The van der Waals surface area contributed by atoms with Crippen LogP contribution in [0.15, 0.2) is 34.5 Å². The van der Waals surface area contributed by atoms with Gasteiger partial charge in [0.2, 0.25) is 10.0 Å². The second-order valence-corrected chi connectivity index (χ2v) is 9.79. The van der Waals surface area contributed by atoms with Crippen molar-refractivity contribution in [1.29, 1.82) is 0 Å². The standard InChI is InChI=1S/C19H26N4O3S2/c1-4-14(2)16-5-7-17(8-6-16)28(25,26)23-11-9-22(10-12-23)19(24)21-18-20-15(3)13-27-18/h5-8,13-14H,4,9-12H2,1-3H3,(H,20,21,24). The van der Waals surface area contributed by atoms with Crippen LogP contribution in [0, 0.1) is 6.92 Å². The molecule has 152 valence electrons. The lowest BCUT2D eigenvalue weighted by atomic mass is 9.99. The molecular weight excluding hydrogens is 396 g/mol. The summed E-state index contributed by atoms with van der Waals surface area (Å²) in [4.78, 5) is 18.5. The molecule has 1 fully saturated rings. The number of sulfonamides is 1. The van der Waals surface area contributed by atoms with Crippen molar-refractivity contribution in [2.45, 2.75) is 38.0 Å². The lowest BCUT2D eigenvalue weighted by Crippen LogP contribution is -2.51. The van der Waals surface area contributed by atoms with E-state index in [0.29, 0.717) is 29.0 Å². The number of carbonyl (C=O) groups excluding carboxylic acids is 1. The number of hydrogen-bond donors (Lipinski definition) is 1. The van der Waals surface area contributed by atoms with Gasteiger partial charge in [-0.25, -0.2) is 18.2 Å². The molecule has 0 spiro atoms. The summed E-state index contributed by atoms with van der Waals surface area (Å²) in [6.45, 7) is 7.35. The number of thiazole rings is 1. The maximum Gasteiger partial charge on any atom is 0.323 e. The van der Waals surface area contributed by atoms with Gasteiger partial charge in [-0.15, -0.1) is 11.3 Å². The van der Waals surface area contributed by atoms with Gasteiger partial charge in [-0.1, -0.05) is 26.0 Å². The third-order valence-electron chi connectivity index (χ3n) is 5.06. The van der Waals surface area contributed by atoms with Crippen LogP contribution in [0.3, 0.4) is 0 Å². The first-order valence-electron chi connectivity index (χ1n) is 9.39. The molecule has 7 nitrogen and oxygen atoms in total. The highest BCUT2D eigenvalue weighted by atomic mass is 32.2. The van der Waals surface area contributed by atoms with Crippen LogP contribution in [0.1, 0.15) is 37.4 Å². The van der Waals surface area contributed by atoms with E-state index in [2.05, 4.69) is 24.1 Å². The van der Waals surface area contributed by atoms with Gasteiger partial charge in [-0.3, -0.25) is 5.32 Å². The number of amides is 2. The molecule has 2 heterocycles. The van der Waals surface area contributed by atoms with Gasteiger partial charge in [-0.05, 0) is 37.0 Å². The Labute approximate surface area is 170 Å². The fourth-order valence-electron chi connectivity index (χ4n) is 3.07. The van der Waals surface area contributed by atoms with Crippen LogP contribution in [0.2, 0.25) is 0 Å². The van der Waals surface area contributed by atoms with Crippen molar-refractivity contribution in [3.63, 3.8) is 0 Å². The number of carbonyl (C=O) groups is 1. The van der Waals surface area contributed by atoms with Gasteiger partial charge in [0.1, 0.15) is 0 Å². The molecule has 1 aliphatic heterocycles. The smallest absolute Gasteiger partial charge is 0.322 e. The molecule has 2 aromatic rings. The van der Waals surface area contributed by atoms with E-state index in [0.717, 1.165) is 17.7 Å². The van der Waals surface area contributed by atoms with Crippen LogP contribution < -0.4 is 5.32 Å². The molecule has 9 heteroatoms. The van der Waals surface area contributed by atoms with Crippen molar-refractivity contribution in [1.82, 2.24) is 14.2 Å². The molecule has 0 saturated carbocycles. The van der Waals surface area contributed by atoms with Crippen LogP contribution in [-0.4, -0.2) is 54.8 Å². The average Bonchev–Trinajstić information content (AvgIpc) is 3.12. The molecule has 1 N–H and O–H groups in total. The SMILES string of the molecule is CCC(C)c1ccc(S(=O)(=O)N2CCN(C(=O)Nc3nc(C)cs3)CC2)cc1. The van der Waals surface area contributed by atoms with Crippen LogP contribution in [0.4, 0.5) is 9.93 Å². The number of anilines is 1. The van der Waals surface area contributed by atoms with Gasteiger partial charge in [0.25, 0.3) is 0 Å². The zero-order valence-corrected chi connectivity index (χ0v) is 18.0. The summed E-state index contributed by atoms with van der Waals surface area (Å²) < 4.78 is 27.3. The molecule has 3 rings (SSSR count). The monoisotopic (exact) mass is 422 g/mol. The van der Waals surface area contributed by atoms with E-state index in [4.69, 9.17) is 0 Å². The number of aryl methyl sites for hydroxylation is 1. The molecule has 0 radical (unpaired) electrons. The molecule has 0 aliphatic carbocycles. The van der Waals surface area contributed by atoms with Gasteiger partial charge >= 0.3 is 6.03 Å². The Kier molecular flexibility index (Phi) is 6.36. The molecule has 1 aliphatic rings. The predicted molar refractivity (Wildman–Crippen MR) is 111 cm³/mol. The number of hydrogen-bond acceptors (Lipinski definition) is 5. The molecule has 1 saturated heterocycles. The highest BCUT2D eigenvalue weighted by Gasteiger charge is 2.30. The zero-order valence-electron chi connectivity index (χ0n) is 16.4. The minimum Gasteiger partial charge on any atom is -0.322 e. The number of benzene rings is 1. The maximum atomic E-state index is 12.9. The Hall–Kier alpha value is -1.97. The highest BCUT2D eigenvalue weighted by Crippen LogP contribution is 2.23. The van der Waals surface area contributed by atoms with Crippen molar-refractivity contribution in [2.75, 3.05) is 31.5 Å². The summed E-state index contributed by atoms with van der Waals surface area (Å²) >= 11 is 1.37. The number of urea groups is 1. The number of aromatic nitrogens is 1. The van der Waals surface area contributed by atoms with Crippen molar-refractivity contribution in [3.05, 3.63) is 40.9 Å². The van der Waals surface area contributed by atoms with Gasteiger partial charge < -0.3 is 4.90 Å². The third-order valence-corrected chi connectivity index (χ3v) is 7.85. The quantitative estimate of drug-likeness (QED) is 0.799. The van der Waals surface area contributed by atoms with Crippen molar-refractivity contribution >= 4 is 32.5 Å². The van der Waals surface area contributed by atoms with E-state index in [1.807, 2.05) is 24.4 Å². The first kappa shape index (κ1) is 20.8. The Morgan fingerprint density at radius 3 is 2.39 bits per heavy atom. The Bertz CT molecular complexity index is 917. The topological polar surface area (TPSA) is 82.6 Å². The lowest BCUT2D eigenvalue weighted by Gasteiger charge is -2.33. The van der Waals surface area contributed by atoms with Gasteiger partial charge in [0.05, 0.1) is 10.6 Å². The van der Waals surface area contributed by atoms with E-state index in [1.165, 1.54) is 15.6 Å². The second kappa shape index (κ2) is 8.59. The summed E-state index contributed by atoms with van der Waals surface area (Å²) in [6, 6.07) is 6.90. The summed E-state index contributed by atoms with van der Waals surface area (Å²) in [5, 5.41) is 5.19. The van der Waals surface area contributed by atoms with E-state index in [9.17, 15) is 13.2 Å². The molecule has 1 atom stereocenters. The van der Waals surface area contributed by atoms with Gasteiger partial charge in [0, 0.05) is 31.6 Å². The van der Waals surface area contributed by atoms with Crippen LogP contribution >= 0.6 is 11.3 Å². The lowest BCUT2D eigenvalue weighted by molar-refractivity contribution is 0.184. The molecule has 1 aromatic heterocycles. The Morgan fingerprint density at radius 2 is 1.86 bits per heavy atom.